The molecule has 0 unspecified atom stereocenters. The summed E-state index contributed by atoms with van der Waals surface area (Å²) in [5.41, 5.74) is 2.65. The minimum Gasteiger partial charge on any atom is -0.497 e. The molecular formula is C26H28N2O3. The van der Waals surface area contributed by atoms with Gasteiger partial charge >= 0.3 is 0 Å². The Labute approximate surface area is 184 Å². The first-order valence-electron chi connectivity index (χ1n) is 10.4. The maximum atomic E-state index is 5.80. The van der Waals surface area contributed by atoms with Gasteiger partial charge in [-0.05, 0) is 85.5 Å². The molecule has 0 amide bonds. The highest BCUT2D eigenvalue weighted by molar-refractivity contribution is 5.48. The highest BCUT2D eigenvalue weighted by atomic mass is 16.5. The lowest BCUT2D eigenvalue weighted by molar-refractivity contribution is 0.279. The van der Waals surface area contributed by atoms with Crippen molar-refractivity contribution in [2.24, 2.45) is 10.2 Å². The molecule has 0 bridgehead atoms. The highest BCUT2D eigenvalue weighted by Gasteiger charge is 1.98. The number of hydrogen-bond acceptors (Lipinski definition) is 5. The molecule has 0 aliphatic heterocycles. The lowest BCUT2D eigenvalue weighted by Crippen LogP contribution is -2.00. The van der Waals surface area contributed by atoms with Crippen LogP contribution in [-0.4, -0.2) is 20.3 Å². The molecule has 0 N–H and O–H groups in total. The quantitative estimate of drug-likeness (QED) is 0.229. The molecule has 0 radical (unpaired) electrons. The predicted octanol–water partition coefficient (Wildman–Crippen LogP) is 7.38. The summed E-state index contributed by atoms with van der Waals surface area (Å²) in [7, 11) is 1.64. The van der Waals surface area contributed by atoms with Gasteiger partial charge in [0.05, 0.1) is 31.7 Å². The van der Waals surface area contributed by atoms with Crippen molar-refractivity contribution >= 4 is 17.5 Å². The van der Waals surface area contributed by atoms with Gasteiger partial charge in [-0.2, -0.15) is 10.2 Å². The van der Waals surface area contributed by atoms with Crippen LogP contribution in [0.25, 0.3) is 6.08 Å². The second-order valence-electron chi connectivity index (χ2n) is 6.92. The number of methoxy groups -OCH3 is 1. The van der Waals surface area contributed by atoms with Gasteiger partial charge in [0.15, 0.2) is 0 Å². The molecule has 3 aromatic rings. The first kappa shape index (κ1) is 22.1. The van der Waals surface area contributed by atoms with Crippen molar-refractivity contribution in [3.63, 3.8) is 0 Å². The van der Waals surface area contributed by atoms with Crippen LogP contribution in [0.15, 0.2) is 89.6 Å². The van der Waals surface area contributed by atoms with Crippen molar-refractivity contribution < 1.29 is 14.2 Å². The van der Waals surface area contributed by atoms with Crippen molar-refractivity contribution in [1.82, 2.24) is 0 Å². The van der Waals surface area contributed by atoms with E-state index in [1.54, 1.807) is 7.11 Å². The van der Waals surface area contributed by atoms with E-state index in [2.05, 4.69) is 16.8 Å². The molecule has 0 heterocycles. The van der Waals surface area contributed by atoms with Crippen LogP contribution in [0, 0.1) is 0 Å². The van der Waals surface area contributed by atoms with Gasteiger partial charge in [0, 0.05) is 0 Å². The van der Waals surface area contributed by atoms with Crippen LogP contribution >= 0.6 is 0 Å². The van der Waals surface area contributed by atoms with Crippen molar-refractivity contribution in [3.05, 3.63) is 84.9 Å². The van der Waals surface area contributed by atoms with Gasteiger partial charge in [0.2, 0.25) is 0 Å². The SMILES string of the molecule is C=Cc1ccc(OCCCCCOc2ccc(N=Nc3ccc(OC)cc3)cc2)cc1. The summed E-state index contributed by atoms with van der Waals surface area (Å²) in [6.45, 7) is 5.14. The zero-order chi connectivity index (χ0) is 21.7. The Bertz CT molecular complexity index is 949. The van der Waals surface area contributed by atoms with Crippen molar-refractivity contribution in [1.29, 1.82) is 0 Å². The molecule has 160 valence electrons. The first-order valence-corrected chi connectivity index (χ1v) is 10.4. The molecule has 0 atom stereocenters. The second kappa shape index (κ2) is 12.2. The van der Waals surface area contributed by atoms with Crippen LogP contribution in [0.2, 0.25) is 0 Å². The van der Waals surface area contributed by atoms with E-state index in [9.17, 15) is 0 Å². The number of hydrogen-bond donors (Lipinski definition) is 0. The first-order chi connectivity index (χ1) is 15.3. The van der Waals surface area contributed by atoms with E-state index < -0.39 is 0 Å². The van der Waals surface area contributed by atoms with Gasteiger partial charge in [-0.1, -0.05) is 24.8 Å². The smallest absolute Gasteiger partial charge is 0.119 e. The number of rotatable bonds is 12. The molecule has 0 spiro atoms. The third-order valence-electron chi connectivity index (χ3n) is 4.63. The lowest BCUT2D eigenvalue weighted by atomic mass is 10.2. The maximum Gasteiger partial charge on any atom is 0.119 e. The third kappa shape index (κ3) is 7.63. The summed E-state index contributed by atoms with van der Waals surface area (Å²) >= 11 is 0. The van der Waals surface area contributed by atoms with Gasteiger partial charge in [-0.25, -0.2) is 0 Å². The Morgan fingerprint density at radius 3 is 1.55 bits per heavy atom. The van der Waals surface area contributed by atoms with Crippen LogP contribution in [0.5, 0.6) is 17.2 Å². The zero-order valence-electron chi connectivity index (χ0n) is 17.9. The summed E-state index contributed by atoms with van der Waals surface area (Å²) in [4.78, 5) is 0. The molecule has 3 rings (SSSR count). The lowest BCUT2D eigenvalue weighted by Gasteiger charge is -2.08. The minimum absolute atomic E-state index is 0.681. The average Bonchev–Trinajstić information content (AvgIpc) is 2.83. The number of ether oxygens (including phenoxy) is 3. The fourth-order valence-corrected chi connectivity index (χ4v) is 2.83. The Balaban J connectivity index is 1.30. The standard InChI is InChI=1S/C26H28N2O3/c1-3-21-7-13-25(14-8-21)30-19-5-4-6-20-31-26-17-11-23(12-18-26)28-27-22-9-15-24(29-2)16-10-22/h3,7-18H,1,4-6,19-20H2,2H3. The van der Waals surface area contributed by atoms with Crippen LogP contribution in [-0.2, 0) is 0 Å². The molecule has 0 aliphatic carbocycles. The van der Waals surface area contributed by atoms with Gasteiger partial charge in [0.1, 0.15) is 17.2 Å². The zero-order valence-corrected chi connectivity index (χ0v) is 17.9. The van der Waals surface area contributed by atoms with Gasteiger partial charge in [-0.15, -0.1) is 0 Å². The summed E-state index contributed by atoms with van der Waals surface area (Å²) in [6.07, 6.45) is 4.86. The molecule has 0 aliphatic rings. The number of benzene rings is 3. The topological polar surface area (TPSA) is 52.4 Å². The fraction of sp³-hybridized carbons (Fsp3) is 0.231. The van der Waals surface area contributed by atoms with Crippen LogP contribution < -0.4 is 14.2 Å². The van der Waals surface area contributed by atoms with Crippen LogP contribution in [0.4, 0.5) is 11.4 Å². The normalized spacial score (nSPS) is 10.7. The van der Waals surface area contributed by atoms with Gasteiger partial charge in [-0.3, -0.25) is 0 Å². The average molecular weight is 417 g/mol. The van der Waals surface area contributed by atoms with Crippen LogP contribution in [0.3, 0.4) is 0 Å². The van der Waals surface area contributed by atoms with Crippen molar-refractivity contribution in [3.8, 4) is 17.2 Å². The van der Waals surface area contributed by atoms with Crippen LogP contribution in [0.1, 0.15) is 24.8 Å². The van der Waals surface area contributed by atoms with E-state index >= 15 is 0 Å². The molecule has 5 nitrogen and oxygen atoms in total. The molecule has 0 fully saturated rings. The Morgan fingerprint density at radius 1 is 0.645 bits per heavy atom. The highest BCUT2D eigenvalue weighted by Crippen LogP contribution is 2.23. The monoisotopic (exact) mass is 416 g/mol. The van der Waals surface area contributed by atoms with E-state index in [1.165, 1.54) is 0 Å². The number of unbranched alkanes of at least 4 members (excludes halogenated alkanes) is 2. The Kier molecular flexibility index (Phi) is 8.68. The fourth-order valence-electron chi connectivity index (χ4n) is 2.83. The van der Waals surface area contributed by atoms with Crippen molar-refractivity contribution in [2.45, 2.75) is 19.3 Å². The van der Waals surface area contributed by atoms with Gasteiger partial charge in [0.25, 0.3) is 0 Å². The Morgan fingerprint density at radius 2 is 1.10 bits per heavy atom. The van der Waals surface area contributed by atoms with E-state index in [0.29, 0.717) is 13.2 Å². The molecule has 0 saturated heterocycles. The number of azo groups is 1. The summed E-state index contributed by atoms with van der Waals surface area (Å²) in [6, 6.07) is 23.0. The van der Waals surface area contributed by atoms with E-state index in [-0.39, 0.29) is 0 Å². The minimum atomic E-state index is 0.681. The van der Waals surface area contributed by atoms with E-state index in [1.807, 2.05) is 78.9 Å². The molecule has 3 aromatic carbocycles. The molecule has 5 heteroatoms. The molecule has 0 saturated carbocycles. The summed E-state index contributed by atoms with van der Waals surface area (Å²) in [5, 5.41) is 8.48. The molecular weight excluding hydrogens is 388 g/mol. The van der Waals surface area contributed by atoms with E-state index in [4.69, 9.17) is 14.2 Å². The number of nitrogens with zero attached hydrogens (tertiary/aromatic N) is 2. The Hall–Kier alpha value is -3.60. The summed E-state index contributed by atoms with van der Waals surface area (Å²) in [5.74, 6) is 2.53. The predicted molar refractivity (Wildman–Crippen MR) is 125 cm³/mol. The van der Waals surface area contributed by atoms with Crippen molar-refractivity contribution in [2.75, 3.05) is 20.3 Å². The summed E-state index contributed by atoms with van der Waals surface area (Å²) < 4.78 is 16.7. The third-order valence-corrected chi connectivity index (χ3v) is 4.63. The largest absolute Gasteiger partial charge is 0.497 e. The van der Waals surface area contributed by atoms with E-state index in [0.717, 1.165) is 53.4 Å². The molecule has 31 heavy (non-hydrogen) atoms. The maximum absolute atomic E-state index is 5.80. The van der Waals surface area contributed by atoms with Gasteiger partial charge < -0.3 is 14.2 Å². The second-order valence-corrected chi connectivity index (χ2v) is 6.92. The molecule has 0 aromatic heterocycles.